The van der Waals surface area contributed by atoms with Crippen molar-refractivity contribution >= 4 is 17.3 Å². The predicted octanol–water partition coefficient (Wildman–Crippen LogP) is 4.83. The second-order valence-corrected chi connectivity index (χ2v) is 11.1. The van der Waals surface area contributed by atoms with E-state index in [0.717, 1.165) is 37.8 Å². The van der Waals surface area contributed by atoms with E-state index in [0.29, 0.717) is 24.7 Å². The first-order valence-corrected chi connectivity index (χ1v) is 13.3. The number of fused-ring (bicyclic) bond motifs is 4. The Morgan fingerprint density at radius 1 is 1.19 bits per heavy atom. The van der Waals surface area contributed by atoms with E-state index in [1.165, 1.54) is 22.3 Å². The van der Waals surface area contributed by atoms with Crippen molar-refractivity contribution in [1.29, 1.82) is 0 Å². The molecule has 2 saturated carbocycles. The van der Waals surface area contributed by atoms with Gasteiger partial charge in [-0.2, -0.15) is 0 Å². The van der Waals surface area contributed by atoms with Crippen LogP contribution in [-0.4, -0.2) is 44.0 Å². The van der Waals surface area contributed by atoms with Gasteiger partial charge in [-0.15, -0.1) is 0 Å². The molecule has 0 radical (unpaired) electrons. The molecule has 2 fully saturated rings. The minimum Gasteiger partial charge on any atom is -0.388 e. The quantitative estimate of drug-likeness (QED) is 0.582. The number of methoxy groups -OCH3 is 1. The molecule has 0 unspecified atom stereocenters. The van der Waals surface area contributed by atoms with Gasteiger partial charge in [-0.1, -0.05) is 36.5 Å². The fourth-order valence-electron chi connectivity index (χ4n) is 8.05. The van der Waals surface area contributed by atoms with Crippen molar-refractivity contribution in [2.75, 3.05) is 32.7 Å². The number of benzene rings is 1. The van der Waals surface area contributed by atoms with Gasteiger partial charge in [0.25, 0.3) is 0 Å². The Labute approximate surface area is 214 Å². The summed E-state index contributed by atoms with van der Waals surface area (Å²) in [5, 5.41) is 12.8. The number of nitrogens with one attached hydrogen (secondary N) is 1. The molecule has 0 saturated heterocycles. The number of hydrogen-bond donors (Lipinski definition) is 2. The summed E-state index contributed by atoms with van der Waals surface area (Å²) < 4.78 is 5.33. The lowest BCUT2D eigenvalue weighted by atomic mass is 9.48. The minimum absolute atomic E-state index is 0.0380. The van der Waals surface area contributed by atoms with Crippen LogP contribution in [-0.2, 0) is 14.3 Å². The van der Waals surface area contributed by atoms with E-state index in [-0.39, 0.29) is 36.1 Å². The van der Waals surface area contributed by atoms with Crippen LogP contribution in [0.15, 0.2) is 47.1 Å². The topological polar surface area (TPSA) is 75.6 Å². The lowest BCUT2D eigenvalue weighted by Gasteiger charge is -2.54. The zero-order valence-electron chi connectivity index (χ0n) is 21.7. The normalized spacial score (nSPS) is 33.1. The van der Waals surface area contributed by atoms with Crippen molar-refractivity contribution in [3.8, 4) is 11.8 Å². The van der Waals surface area contributed by atoms with Gasteiger partial charge < -0.3 is 15.2 Å². The van der Waals surface area contributed by atoms with Crippen molar-refractivity contribution in [3.05, 3.63) is 52.6 Å². The highest BCUT2D eigenvalue weighted by molar-refractivity contribution is 5.93. The van der Waals surface area contributed by atoms with Crippen LogP contribution in [0.2, 0.25) is 0 Å². The molecule has 190 valence electrons. The maximum Gasteiger partial charge on any atom is 0.176 e. The van der Waals surface area contributed by atoms with Gasteiger partial charge in [-0.25, -0.2) is 0 Å². The second-order valence-electron chi connectivity index (χ2n) is 11.1. The van der Waals surface area contributed by atoms with Crippen LogP contribution in [0.3, 0.4) is 0 Å². The number of anilines is 1. The number of rotatable bonds is 5. The van der Waals surface area contributed by atoms with Crippen LogP contribution in [0.25, 0.3) is 0 Å². The number of carbonyl (C=O) groups is 2. The molecule has 0 aromatic heterocycles. The van der Waals surface area contributed by atoms with Crippen molar-refractivity contribution in [3.63, 3.8) is 0 Å². The fraction of sp³-hybridized carbons (Fsp3) is 0.548. The van der Waals surface area contributed by atoms with Crippen LogP contribution < -0.4 is 5.32 Å². The number of Topliss-reactive ketones (excluding diaryl/α,β-unsaturated/α-hetero) is 1. The smallest absolute Gasteiger partial charge is 0.176 e. The Morgan fingerprint density at radius 3 is 2.67 bits per heavy atom. The molecule has 0 bridgehead atoms. The first-order chi connectivity index (χ1) is 17.4. The lowest BCUT2D eigenvalue weighted by molar-refractivity contribution is -0.136. The Morgan fingerprint density at radius 2 is 1.97 bits per heavy atom. The summed E-state index contributed by atoms with van der Waals surface area (Å²) in [6, 6.07) is 8.67. The largest absolute Gasteiger partial charge is 0.388 e. The molecule has 1 aromatic rings. The summed E-state index contributed by atoms with van der Waals surface area (Å²) in [5.74, 6) is 7.33. The fourth-order valence-corrected chi connectivity index (χ4v) is 8.05. The molecule has 5 atom stereocenters. The van der Waals surface area contributed by atoms with E-state index in [4.69, 9.17) is 4.74 Å². The molecule has 4 aliphatic carbocycles. The zero-order valence-corrected chi connectivity index (χ0v) is 21.7. The average Bonchev–Trinajstić information content (AvgIpc) is 3.19. The molecular formula is C31H37NO4. The van der Waals surface area contributed by atoms with E-state index in [2.05, 4.69) is 48.3 Å². The number of ether oxygens (including phenoxy) is 1. The van der Waals surface area contributed by atoms with Crippen molar-refractivity contribution < 1.29 is 19.4 Å². The highest BCUT2D eigenvalue weighted by Gasteiger charge is 2.65. The van der Waals surface area contributed by atoms with Crippen LogP contribution >= 0.6 is 0 Å². The summed E-state index contributed by atoms with van der Waals surface area (Å²) in [6.07, 6.45) is 7.70. The Bertz CT molecular complexity index is 1180. The summed E-state index contributed by atoms with van der Waals surface area (Å²) in [7, 11) is 3.49. The molecule has 0 amide bonds. The Hall–Kier alpha value is -2.68. The monoisotopic (exact) mass is 487 g/mol. The molecule has 0 spiro atoms. The first-order valence-electron chi connectivity index (χ1n) is 13.3. The third-order valence-electron chi connectivity index (χ3n) is 9.66. The van der Waals surface area contributed by atoms with Gasteiger partial charge in [-0.05, 0) is 90.7 Å². The molecule has 1 aromatic carbocycles. The number of carbonyl (C=O) groups excluding carboxylic acids is 2. The van der Waals surface area contributed by atoms with Crippen LogP contribution in [0.5, 0.6) is 0 Å². The highest BCUT2D eigenvalue weighted by Crippen LogP contribution is 2.69. The van der Waals surface area contributed by atoms with E-state index in [9.17, 15) is 14.7 Å². The van der Waals surface area contributed by atoms with Crippen molar-refractivity contribution in [2.24, 2.45) is 22.7 Å². The summed E-state index contributed by atoms with van der Waals surface area (Å²) >= 11 is 0. The maximum atomic E-state index is 13.7. The van der Waals surface area contributed by atoms with Crippen LogP contribution in [0.1, 0.15) is 63.4 Å². The van der Waals surface area contributed by atoms with E-state index >= 15 is 0 Å². The summed E-state index contributed by atoms with van der Waals surface area (Å²) in [6.45, 7) is 2.06. The molecule has 2 N–H and O–H groups in total. The number of aliphatic hydroxyl groups excluding tert-OH is 1. The van der Waals surface area contributed by atoms with Gasteiger partial charge in [-0.3, -0.25) is 9.59 Å². The van der Waals surface area contributed by atoms with Gasteiger partial charge in [0.2, 0.25) is 0 Å². The SMILES string of the molecule is CNc1ccc([C@H]2C[C@@]3(C)[C@@H](CC[C@@]3(C#CCO)C(=O)COC)[C@@H]3CCC4=CC(=O)CCC4=C32)cc1. The van der Waals surface area contributed by atoms with Gasteiger partial charge in [0.15, 0.2) is 11.6 Å². The highest BCUT2D eigenvalue weighted by atomic mass is 16.5. The third-order valence-corrected chi connectivity index (χ3v) is 9.66. The second kappa shape index (κ2) is 9.65. The van der Waals surface area contributed by atoms with Crippen molar-refractivity contribution in [1.82, 2.24) is 0 Å². The van der Waals surface area contributed by atoms with Crippen molar-refractivity contribution in [2.45, 2.75) is 57.8 Å². The summed E-state index contributed by atoms with van der Waals surface area (Å²) in [5.41, 5.74) is 5.31. The first kappa shape index (κ1) is 25.0. The molecule has 5 heteroatoms. The molecule has 0 aliphatic heterocycles. The maximum absolute atomic E-state index is 13.7. The van der Waals surface area contributed by atoms with E-state index in [1.54, 1.807) is 7.11 Å². The van der Waals surface area contributed by atoms with Crippen LogP contribution in [0.4, 0.5) is 5.69 Å². The van der Waals surface area contributed by atoms with Gasteiger partial charge >= 0.3 is 0 Å². The van der Waals surface area contributed by atoms with E-state index < -0.39 is 5.41 Å². The predicted molar refractivity (Wildman–Crippen MR) is 140 cm³/mol. The average molecular weight is 488 g/mol. The standard InChI is InChI=1S/C31H37NO4/c1-30-18-26(20-5-8-22(32-2)9-6-20)29-24-12-10-23(34)17-21(24)7-11-25(29)27(30)13-15-31(30,14-4-16-33)28(35)19-36-3/h5-6,8-9,17,25-27,32-33H,7,10-13,15-16,18-19H2,1-3H3/t25-,26+,27-,30-,31-/m0/s1. The van der Waals surface area contributed by atoms with Gasteiger partial charge in [0.1, 0.15) is 13.2 Å². The molecule has 5 rings (SSSR count). The molecular weight excluding hydrogens is 450 g/mol. The molecule has 0 heterocycles. The molecule has 5 nitrogen and oxygen atoms in total. The Balaban J connectivity index is 1.69. The number of ketones is 2. The minimum atomic E-state index is -0.825. The van der Waals surface area contributed by atoms with E-state index in [1.807, 2.05) is 13.1 Å². The lowest BCUT2D eigenvalue weighted by Crippen LogP contribution is -2.51. The third kappa shape index (κ3) is 3.78. The zero-order chi connectivity index (χ0) is 25.5. The molecule has 36 heavy (non-hydrogen) atoms. The van der Waals surface area contributed by atoms with Crippen LogP contribution in [0, 0.1) is 34.5 Å². The molecule has 4 aliphatic rings. The van der Waals surface area contributed by atoms with Gasteiger partial charge in [0, 0.05) is 32.2 Å². The number of hydrogen-bond acceptors (Lipinski definition) is 5. The number of aliphatic hydroxyl groups is 1. The summed E-state index contributed by atoms with van der Waals surface area (Å²) in [4.78, 5) is 26.0. The number of allylic oxidation sites excluding steroid dienone is 4. The Kier molecular flexibility index (Phi) is 6.70. The van der Waals surface area contributed by atoms with Gasteiger partial charge in [0.05, 0.1) is 5.41 Å².